The van der Waals surface area contributed by atoms with Crippen LogP contribution in [0.4, 0.5) is 0 Å². The minimum absolute atomic E-state index is 0.0541. The van der Waals surface area contributed by atoms with Gasteiger partial charge in [0.25, 0.3) is 0 Å². The smallest absolute Gasteiger partial charge is 0.0912 e. The molecule has 4 nitrogen and oxygen atoms in total. The fourth-order valence-electron chi connectivity index (χ4n) is 3.11. The molecule has 0 heterocycles. The minimum Gasteiger partial charge on any atom is -0.395 e. The van der Waals surface area contributed by atoms with Crippen LogP contribution in [0.1, 0.15) is 54.9 Å². The van der Waals surface area contributed by atoms with Crippen LogP contribution in [0.3, 0.4) is 0 Å². The number of rotatable bonds is 5. The quantitative estimate of drug-likeness (QED) is 0.620. The van der Waals surface area contributed by atoms with Crippen LogP contribution in [0.5, 0.6) is 0 Å². The average Bonchev–Trinajstić information content (AvgIpc) is 2.47. The van der Waals surface area contributed by atoms with Gasteiger partial charge in [0.2, 0.25) is 0 Å². The third-order valence-electron chi connectivity index (χ3n) is 5.96. The zero-order chi connectivity index (χ0) is 19.0. The molecule has 1 aliphatic carbocycles. The first-order valence-corrected chi connectivity index (χ1v) is 8.71. The molecule has 0 bridgehead atoms. The molecule has 1 aliphatic rings. The van der Waals surface area contributed by atoms with Gasteiger partial charge in [-0.2, -0.15) is 0 Å². The molecule has 2 atom stereocenters. The number of hydrogen-bond acceptors (Lipinski definition) is 4. The molecule has 4 heteroatoms. The lowest BCUT2D eigenvalue weighted by atomic mass is 9.58. The molecule has 140 valence electrons. The van der Waals surface area contributed by atoms with Crippen LogP contribution in [-0.2, 0) is 0 Å². The van der Waals surface area contributed by atoms with E-state index in [4.69, 9.17) is 0 Å². The molecule has 0 aromatic carbocycles. The van der Waals surface area contributed by atoms with E-state index < -0.39 is 31.3 Å². The summed E-state index contributed by atoms with van der Waals surface area (Å²) in [4.78, 5) is 0. The predicted molar refractivity (Wildman–Crippen MR) is 97.5 cm³/mol. The van der Waals surface area contributed by atoms with Crippen molar-refractivity contribution in [2.24, 2.45) is 21.7 Å². The second-order valence-electron chi connectivity index (χ2n) is 9.60. The van der Waals surface area contributed by atoms with Gasteiger partial charge in [-0.05, 0) is 28.2 Å². The van der Waals surface area contributed by atoms with Crippen LogP contribution in [-0.4, -0.2) is 46.4 Å². The van der Waals surface area contributed by atoms with Crippen LogP contribution >= 0.6 is 0 Å². The fraction of sp³-hybridized carbons (Fsp3) is 0.800. The van der Waals surface area contributed by atoms with E-state index in [-0.39, 0.29) is 16.2 Å². The Labute approximate surface area is 146 Å². The van der Waals surface area contributed by atoms with Crippen molar-refractivity contribution in [1.29, 1.82) is 0 Å². The Morgan fingerprint density at radius 1 is 1.00 bits per heavy atom. The van der Waals surface area contributed by atoms with Gasteiger partial charge in [-0.15, -0.1) is 0 Å². The molecule has 0 radical (unpaired) electrons. The average molecular weight is 341 g/mol. The summed E-state index contributed by atoms with van der Waals surface area (Å²) >= 11 is 0. The van der Waals surface area contributed by atoms with Crippen molar-refractivity contribution in [2.75, 3.05) is 19.8 Å². The maximum atomic E-state index is 10.9. The molecule has 0 fully saturated rings. The predicted octanol–water partition coefficient (Wildman–Crippen LogP) is 2.67. The van der Waals surface area contributed by atoms with Gasteiger partial charge >= 0.3 is 0 Å². The summed E-state index contributed by atoms with van der Waals surface area (Å²) < 4.78 is 0. The Morgan fingerprint density at radius 3 is 1.79 bits per heavy atom. The molecule has 1 rings (SSSR count). The molecule has 4 N–H and O–H groups in total. The van der Waals surface area contributed by atoms with E-state index in [9.17, 15) is 20.4 Å². The van der Waals surface area contributed by atoms with Crippen LogP contribution in [0, 0.1) is 21.7 Å². The van der Waals surface area contributed by atoms with Gasteiger partial charge in [-0.25, -0.2) is 0 Å². The number of aliphatic hydroxyl groups is 4. The van der Waals surface area contributed by atoms with Crippen LogP contribution in [0.25, 0.3) is 0 Å². The summed E-state index contributed by atoms with van der Waals surface area (Å²) in [5.41, 5.74) is 0.305. The van der Waals surface area contributed by atoms with Crippen molar-refractivity contribution >= 4 is 0 Å². The van der Waals surface area contributed by atoms with Gasteiger partial charge in [0.05, 0.1) is 31.3 Å². The Morgan fingerprint density at radius 2 is 1.46 bits per heavy atom. The Balaban J connectivity index is 3.46. The highest BCUT2D eigenvalue weighted by atomic mass is 16.3. The van der Waals surface area contributed by atoms with Gasteiger partial charge < -0.3 is 20.4 Å². The van der Waals surface area contributed by atoms with E-state index in [1.807, 2.05) is 6.08 Å². The lowest BCUT2D eigenvalue weighted by Gasteiger charge is -2.47. The van der Waals surface area contributed by atoms with Crippen LogP contribution in [0.15, 0.2) is 23.3 Å². The maximum Gasteiger partial charge on any atom is 0.0912 e. The van der Waals surface area contributed by atoms with Crippen molar-refractivity contribution in [3.8, 4) is 0 Å². The van der Waals surface area contributed by atoms with E-state index >= 15 is 0 Å². The standard InChI is InChI=1S/C20H36O4/c1-17(2,3)15-10-19(7,18(4,5)6)9-8-14(15)16(24)20(11-21,12-22)13-23/h8-9,16,21-24H,10-13H2,1-7H3. The summed E-state index contributed by atoms with van der Waals surface area (Å²) in [6, 6.07) is 0. The highest BCUT2D eigenvalue weighted by molar-refractivity contribution is 5.40. The summed E-state index contributed by atoms with van der Waals surface area (Å²) in [6.07, 6.45) is 3.72. The summed E-state index contributed by atoms with van der Waals surface area (Å²) in [6.45, 7) is 13.7. The summed E-state index contributed by atoms with van der Waals surface area (Å²) in [5, 5.41) is 39.9. The lowest BCUT2D eigenvalue weighted by molar-refractivity contribution is -0.0678. The Bertz CT molecular complexity index is 492. The molecule has 24 heavy (non-hydrogen) atoms. The second kappa shape index (κ2) is 6.91. The van der Waals surface area contributed by atoms with E-state index in [1.165, 1.54) is 0 Å². The molecule has 0 spiro atoms. The molecular formula is C20H36O4. The second-order valence-corrected chi connectivity index (χ2v) is 9.60. The first kappa shape index (κ1) is 21.4. The molecule has 0 saturated heterocycles. The van der Waals surface area contributed by atoms with Crippen molar-refractivity contribution in [3.63, 3.8) is 0 Å². The molecule has 0 aromatic rings. The third-order valence-corrected chi connectivity index (χ3v) is 5.96. The first-order valence-electron chi connectivity index (χ1n) is 8.71. The highest BCUT2D eigenvalue weighted by Gasteiger charge is 2.45. The van der Waals surface area contributed by atoms with Crippen molar-refractivity contribution < 1.29 is 20.4 Å². The zero-order valence-electron chi connectivity index (χ0n) is 16.3. The van der Waals surface area contributed by atoms with Gasteiger partial charge in [-0.3, -0.25) is 0 Å². The van der Waals surface area contributed by atoms with Crippen LogP contribution in [0.2, 0.25) is 0 Å². The van der Waals surface area contributed by atoms with Gasteiger partial charge in [0.1, 0.15) is 0 Å². The van der Waals surface area contributed by atoms with Gasteiger partial charge in [-0.1, -0.05) is 66.2 Å². The van der Waals surface area contributed by atoms with Gasteiger partial charge in [0, 0.05) is 0 Å². The minimum atomic E-state index is -1.34. The van der Waals surface area contributed by atoms with E-state index in [1.54, 1.807) is 0 Å². The van der Waals surface area contributed by atoms with E-state index in [0.29, 0.717) is 5.57 Å². The van der Waals surface area contributed by atoms with Crippen molar-refractivity contribution in [1.82, 2.24) is 0 Å². The third kappa shape index (κ3) is 3.77. The molecule has 2 unspecified atom stereocenters. The van der Waals surface area contributed by atoms with Crippen molar-refractivity contribution in [2.45, 2.75) is 61.0 Å². The SMILES string of the molecule is CC(C)(C)C1=C(C(O)C(CO)(CO)CO)C=CC(C)(C(C)(C)C)C1. The largest absolute Gasteiger partial charge is 0.395 e. The molecule has 0 saturated carbocycles. The molecule has 0 aliphatic heterocycles. The van der Waals surface area contributed by atoms with E-state index in [0.717, 1.165) is 12.0 Å². The fourth-order valence-corrected chi connectivity index (χ4v) is 3.11. The number of aliphatic hydroxyl groups excluding tert-OH is 4. The lowest BCUT2D eigenvalue weighted by Crippen LogP contribution is -2.47. The first-order chi connectivity index (χ1) is 10.8. The van der Waals surface area contributed by atoms with Gasteiger partial charge in [0.15, 0.2) is 0 Å². The molecule has 0 aromatic heterocycles. The Hall–Kier alpha value is -0.680. The zero-order valence-corrected chi connectivity index (χ0v) is 16.3. The molecular weight excluding hydrogens is 304 g/mol. The summed E-state index contributed by atoms with van der Waals surface area (Å²) in [5.74, 6) is 0. The monoisotopic (exact) mass is 340 g/mol. The normalized spacial score (nSPS) is 24.5. The van der Waals surface area contributed by atoms with Crippen LogP contribution < -0.4 is 0 Å². The topological polar surface area (TPSA) is 80.9 Å². The van der Waals surface area contributed by atoms with E-state index in [2.05, 4.69) is 54.5 Å². The number of allylic oxidation sites excluding steroid dienone is 2. The Kier molecular flexibility index (Phi) is 6.15. The highest BCUT2D eigenvalue weighted by Crippen LogP contribution is 2.52. The van der Waals surface area contributed by atoms with Crippen molar-refractivity contribution in [3.05, 3.63) is 23.3 Å². The maximum absolute atomic E-state index is 10.9. The molecule has 0 amide bonds. The number of hydrogen-bond donors (Lipinski definition) is 4. The summed E-state index contributed by atoms with van der Waals surface area (Å²) in [7, 11) is 0.